The van der Waals surface area contributed by atoms with Gasteiger partial charge in [-0.1, -0.05) is 24.3 Å². The van der Waals surface area contributed by atoms with Crippen molar-refractivity contribution in [1.82, 2.24) is 0 Å². The topological polar surface area (TPSA) is 75.0 Å². The summed E-state index contributed by atoms with van der Waals surface area (Å²) < 4.78 is 34.1. The fourth-order valence-corrected chi connectivity index (χ4v) is 2.55. The molecule has 29 heavy (non-hydrogen) atoms. The molecule has 0 aliphatic rings. The second-order valence-electron chi connectivity index (χ2n) is 5.97. The monoisotopic (exact) mass is 398 g/mol. The summed E-state index contributed by atoms with van der Waals surface area (Å²) >= 11 is 0. The number of ether oxygens (including phenoxy) is 3. The molecule has 0 aliphatic carbocycles. The van der Waals surface area contributed by atoms with E-state index in [4.69, 9.17) is 18.6 Å². The highest BCUT2D eigenvalue weighted by atomic mass is 19.1. The molecule has 3 aromatic rings. The van der Waals surface area contributed by atoms with Crippen LogP contribution in [-0.4, -0.2) is 18.5 Å². The molecule has 0 unspecified atom stereocenters. The lowest BCUT2D eigenvalue weighted by atomic mass is 10.2. The van der Waals surface area contributed by atoms with Gasteiger partial charge in [0.25, 0.3) is 0 Å². The molecule has 1 heterocycles. The predicted octanol–water partition coefficient (Wildman–Crippen LogP) is 4.53. The Balaban J connectivity index is 1.65. The molecule has 0 fully saturated rings. The van der Waals surface area contributed by atoms with Gasteiger partial charge in [-0.25, -0.2) is 14.0 Å². The predicted molar refractivity (Wildman–Crippen MR) is 101 cm³/mol. The normalized spacial score (nSPS) is 10.4. The van der Waals surface area contributed by atoms with E-state index in [1.807, 2.05) is 0 Å². The highest BCUT2D eigenvalue weighted by Crippen LogP contribution is 2.22. The van der Waals surface area contributed by atoms with Crippen molar-refractivity contribution in [1.29, 1.82) is 0 Å². The molecular weight excluding hydrogens is 379 g/mol. The van der Waals surface area contributed by atoms with Gasteiger partial charge in [0, 0.05) is 0 Å². The fourth-order valence-electron chi connectivity index (χ4n) is 2.55. The highest BCUT2D eigenvalue weighted by molar-refractivity contribution is 5.93. The number of hydrogen-bond donors (Lipinski definition) is 0. The first-order valence-corrected chi connectivity index (χ1v) is 8.95. The molecule has 0 atom stereocenters. The minimum atomic E-state index is -0.633. The first kappa shape index (κ1) is 20.1. The summed E-state index contributed by atoms with van der Waals surface area (Å²) in [6.07, 6.45) is 1.33. The Morgan fingerprint density at radius 1 is 0.897 bits per heavy atom. The molecule has 0 bridgehead atoms. The van der Waals surface area contributed by atoms with E-state index in [0.29, 0.717) is 5.75 Å². The average Bonchev–Trinajstić information content (AvgIpc) is 3.21. The van der Waals surface area contributed by atoms with Crippen molar-refractivity contribution in [3.8, 4) is 5.75 Å². The number of halogens is 1. The summed E-state index contributed by atoms with van der Waals surface area (Å²) in [5, 5.41) is 0. The van der Waals surface area contributed by atoms with Crippen LogP contribution in [0.2, 0.25) is 0 Å². The van der Waals surface area contributed by atoms with Gasteiger partial charge < -0.3 is 18.6 Å². The summed E-state index contributed by atoms with van der Waals surface area (Å²) in [5.74, 6) is -0.993. The first-order valence-electron chi connectivity index (χ1n) is 8.95. The van der Waals surface area contributed by atoms with Gasteiger partial charge in [-0.2, -0.15) is 0 Å². The molecule has 0 amide bonds. The Morgan fingerprint density at radius 3 is 2.38 bits per heavy atom. The maximum Gasteiger partial charge on any atom is 0.342 e. The van der Waals surface area contributed by atoms with E-state index in [-0.39, 0.29) is 42.5 Å². The molecule has 0 radical (unpaired) electrons. The van der Waals surface area contributed by atoms with Crippen molar-refractivity contribution in [3.05, 3.63) is 89.1 Å². The number of rotatable bonds is 8. The quantitative estimate of drug-likeness (QED) is 0.519. The van der Waals surface area contributed by atoms with E-state index in [1.54, 1.807) is 43.3 Å². The summed E-state index contributed by atoms with van der Waals surface area (Å²) in [4.78, 5) is 24.4. The number of para-hydroxylation sites is 1. The third-order valence-electron chi connectivity index (χ3n) is 3.99. The van der Waals surface area contributed by atoms with Gasteiger partial charge in [-0.15, -0.1) is 0 Å². The van der Waals surface area contributed by atoms with Gasteiger partial charge in [-0.3, -0.25) is 0 Å². The van der Waals surface area contributed by atoms with Crippen LogP contribution in [0.3, 0.4) is 0 Å². The molecule has 2 aromatic carbocycles. The van der Waals surface area contributed by atoms with Crippen LogP contribution in [0.1, 0.15) is 39.0 Å². The molecule has 1 aromatic heterocycles. The number of esters is 2. The van der Waals surface area contributed by atoms with Crippen LogP contribution in [-0.2, 0) is 22.7 Å². The highest BCUT2D eigenvalue weighted by Gasteiger charge is 2.19. The molecule has 0 saturated carbocycles. The van der Waals surface area contributed by atoms with E-state index >= 15 is 0 Å². The molecule has 0 saturated heterocycles. The van der Waals surface area contributed by atoms with Crippen molar-refractivity contribution >= 4 is 11.9 Å². The van der Waals surface area contributed by atoms with Crippen molar-refractivity contribution in [3.63, 3.8) is 0 Å². The second kappa shape index (κ2) is 9.54. The molecule has 0 aliphatic heterocycles. The molecule has 7 heteroatoms. The van der Waals surface area contributed by atoms with Gasteiger partial charge in [-0.05, 0) is 42.8 Å². The summed E-state index contributed by atoms with van der Waals surface area (Å²) in [7, 11) is 0. The smallest absolute Gasteiger partial charge is 0.342 e. The van der Waals surface area contributed by atoms with Crippen LogP contribution in [0, 0.1) is 5.82 Å². The van der Waals surface area contributed by atoms with Crippen LogP contribution in [0.5, 0.6) is 5.75 Å². The molecule has 150 valence electrons. The Hall–Kier alpha value is -3.61. The van der Waals surface area contributed by atoms with E-state index in [1.165, 1.54) is 24.5 Å². The molecular formula is C22H19FO6. The van der Waals surface area contributed by atoms with Crippen LogP contribution in [0.4, 0.5) is 4.39 Å². The van der Waals surface area contributed by atoms with Gasteiger partial charge in [0.2, 0.25) is 0 Å². The van der Waals surface area contributed by atoms with E-state index < -0.39 is 11.9 Å². The van der Waals surface area contributed by atoms with Crippen LogP contribution in [0.15, 0.2) is 65.3 Å². The molecule has 0 N–H and O–H groups in total. The van der Waals surface area contributed by atoms with Crippen molar-refractivity contribution < 1.29 is 32.6 Å². The molecule has 6 nitrogen and oxygen atoms in total. The lowest BCUT2D eigenvalue weighted by Gasteiger charge is -2.11. The number of carbonyl (C=O) groups is 2. The Bertz CT molecular complexity index is 977. The molecule has 3 rings (SSSR count). The SMILES string of the molecule is CCOC(=O)c1ccoc1COC(=O)c1ccccc1OCc1ccc(F)cc1. The number of carbonyl (C=O) groups excluding carboxylic acids is 2. The third kappa shape index (κ3) is 5.22. The van der Waals surface area contributed by atoms with Gasteiger partial charge in [0.15, 0.2) is 12.4 Å². The van der Waals surface area contributed by atoms with E-state index in [0.717, 1.165) is 5.56 Å². The number of hydrogen-bond acceptors (Lipinski definition) is 6. The second-order valence-corrected chi connectivity index (χ2v) is 5.97. The first-order chi connectivity index (χ1) is 14.1. The Labute approximate surface area is 166 Å². The number of furan rings is 1. The van der Waals surface area contributed by atoms with Crippen molar-refractivity contribution in [2.75, 3.05) is 6.61 Å². The Kier molecular flexibility index (Phi) is 6.63. The van der Waals surface area contributed by atoms with Gasteiger partial charge >= 0.3 is 11.9 Å². The summed E-state index contributed by atoms with van der Waals surface area (Å²) in [6, 6.07) is 13.9. The number of benzene rings is 2. The van der Waals surface area contributed by atoms with Crippen LogP contribution in [0.25, 0.3) is 0 Å². The fraction of sp³-hybridized carbons (Fsp3) is 0.182. The van der Waals surface area contributed by atoms with Crippen molar-refractivity contribution in [2.24, 2.45) is 0 Å². The van der Waals surface area contributed by atoms with Gasteiger partial charge in [0.1, 0.15) is 29.3 Å². The summed E-state index contributed by atoms with van der Waals surface area (Å²) in [5.41, 5.74) is 1.18. The standard InChI is InChI=1S/C22H19FO6/c1-2-26-21(24)18-11-12-27-20(18)14-29-22(25)17-5-3-4-6-19(17)28-13-15-7-9-16(23)10-8-15/h3-12H,2,13-14H2,1H3. The van der Waals surface area contributed by atoms with E-state index in [9.17, 15) is 14.0 Å². The maximum atomic E-state index is 13.0. The molecule has 0 spiro atoms. The van der Waals surface area contributed by atoms with E-state index in [2.05, 4.69) is 0 Å². The third-order valence-corrected chi connectivity index (χ3v) is 3.99. The largest absolute Gasteiger partial charge is 0.488 e. The zero-order valence-corrected chi connectivity index (χ0v) is 15.7. The van der Waals surface area contributed by atoms with Crippen molar-refractivity contribution in [2.45, 2.75) is 20.1 Å². The summed E-state index contributed by atoms with van der Waals surface area (Å²) in [6.45, 7) is 1.85. The minimum Gasteiger partial charge on any atom is -0.488 e. The van der Waals surface area contributed by atoms with Gasteiger partial charge in [0.05, 0.1) is 12.9 Å². The lowest BCUT2D eigenvalue weighted by molar-refractivity contribution is 0.0418. The zero-order valence-electron chi connectivity index (χ0n) is 15.7. The zero-order chi connectivity index (χ0) is 20.6. The van der Waals surface area contributed by atoms with Crippen LogP contribution >= 0.6 is 0 Å². The maximum absolute atomic E-state index is 13.0. The van der Waals surface area contributed by atoms with Crippen LogP contribution < -0.4 is 4.74 Å². The Morgan fingerprint density at radius 2 is 1.62 bits per heavy atom. The lowest BCUT2D eigenvalue weighted by Crippen LogP contribution is -2.11. The minimum absolute atomic E-state index is 0.162. The average molecular weight is 398 g/mol.